The Hall–Kier alpha value is -4.53. The number of phenols is 1. The summed E-state index contributed by atoms with van der Waals surface area (Å²) < 4.78 is 15.2. The third-order valence-electron chi connectivity index (χ3n) is 5.10. The molecule has 38 heavy (non-hydrogen) atoms. The number of methoxy groups -OCH3 is 2. The molecule has 3 aromatic rings. The molecular formula is C29H34N2O7. The number of aromatic hydroxyl groups is 1. The summed E-state index contributed by atoms with van der Waals surface area (Å²) >= 11 is 0. The van der Waals surface area contributed by atoms with Gasteiger partial charge in [-0.05, 0) is 63.6 Å². The van der Waals surface area contributed by atoms with E-state index in [2.05, 4.69) is 10.6 Å². The Morgan fingerprint density at radius 3 is 2.08 bits per heavy atom. The fraction of sp³-hybridized carbons (Fsp3) is 0.276. The van der Waals surface area contributed by atoms with Crippen LogP contribution in [0.15, 0.2) is 66.7 Å². The molecule has 0 aromatic heterocycles. The van der Waals surface area contributed by atoms with Crippen LogP contribution >= 0.6 is 0 Å². The molecule has 0 saturated carbocycles. The lowest BCUT2D eigenvalue weighted by atomic mass is 10.0. The number of rotatable bonds is 7. The Bertz CT molecular complexity index is 1230. The van der Waals surface area contributed by atoms with Crippen LogP contribution in [-0.2, 0) is 4.74 Å². The van der Waals surface area contributed by atoms with Crippen molar-refractivity contribution in [2.24, 2.45) is 0 Å². The highest BCUT2D eigenvalue weighted by Crippen LogP contribution is 2.25. The fourth-order valence-electron chi connectivity index (χ4n) is 3.35. The average molecular weight is 523 g/mol. The molecule has 1 atom stereocenters. The van der Waals surface area contributed by atoms with Crippen molar-refractivity contribution >= 4 is 24.0 Å². The molecule has 0 bridgehead atoms. The quantitative estimate of drug-likeness (QED) is 0.338. The predicted molar refractivity (Wildman–Crippen MR) is 145 cm³/mol. The van der Waals surface area contributed by atoms with Gasteiger partial charge in [-0.3, -0.25) is 14.9 Å². The van der Waals surface area contributed by atoms with Crippen LogP contribution in [0.2, 0.25) is 0 Å². The van der Waals surface area contributed by atoms with Crippen molar-refractivity contribution in [3.05, 3.63) is 83.4 Å². The van der Waals surface area contributed by atoms with E-state index >= 15 is 0 Å². The number of amides is 2. The Balaban J connectivity index is 0.000000423. The first-order chi connectivity index (χ1) is 18.0. The molecule has 0 fully saturated rings. The third kappa shape index (κ3) is 8.85. The Morgan fingerprint density at radius 1 is 0.921 bits per heavy atom. The Kier molecular flexibility index (Phi) is 10.7. The molecule has 0 saturated heterocycles. The van der Waals surface area contributed by atoms with E-state index < -0.39 is 23.6 Å². The maximum absolute atomic E-state index is 12.5. The number of carbonyl (C=O) groups is 3. The molecular weight excluding hydrogens is 488 g/mol. The van der Waals surface area contributed by atoms with Crippen molar-refractivity contribution in [2.45, 2.75) is 39.3 Å². The van der Waals surface area contributed by atoms with Crippen LogP contribution in [0.25, 0.3) is 0 Å². The van der Waals surface area contributed by atoms with Crippen molar-refractivity contribution in [1.29, 1.82) is 0 Å². The van der Waals surface area contributed by atoms with Crippen molar-refractivity contribution in [2.75, 3.05) is 19.5 Å². The normalized spacial score (nSPS) is 11.2. The average Bonchev–Trinajstić information content (AvgIpc) is 2.87. The second-order valence-corrected chi connectivity index (χ2v) is 9.16. The van der Waals surface area contributed by atoms with Gasteiger partial charge in [0.05, 0.1) is 25.8 Å². The number of anilines is 1. The van der Waals surface area contributed by atoms with Crippen molar-refractivity contribution in [3.8, 4) is 17.2 Å². The van der Waals surface area contributed by atoms with Crippen LogP contribution < -0.4 is 20.1 Å². The molecule has 3 aromatic carbocycles. The molecule has 0 spiro atoms. The molecule has 1 unspecified atom stereocenters. The highest BCUT2D eigenvalue weighted by Gasteiger charge is 2.19. The smallest absolute Gasteiger partial charge is 0.412 e. The summed E-state index contributed by atoms with van der Waals surface area (Å²) in [5.41, 5.74) is 0.656. The van der Waals surface area contributed by atoms with Crippen LogP contribution in [0.3, 0.4) is 0 Å². The number of hydrogen-bond acceptors (Lipinski definition) is 7. The lowest BCUT2D eigenvalue weighted by Crippen LogP contribution is -2.28. The van der Waals surface area contributed by atoms with E-state index in [0.717, 1.165) is 17.1 Å². The topological polar surface area (TPSA) is 123 Å². The number of ether oxygens (including phenoxy) is 3. The van der Waals surface area contributed by atoms with Gasteiger partial charge in [0.25, 0.3) is 5.91 Å². The van der Waals surface area contributed by atoms with Crippen molar-refractivity contribution < 1.29 is 33.7 Å². The molecule has 3 rings (SSSR count). The largest absolute Gasteiger partial charge is 0.507 e. The van der Waals surface area contributed by atoms with E-state index in [9.17, 15) is 19.5 Å². The number of phenolic OH excluding ortho intramolecular Hbond substituents is 1. The fourth-order valence-corrected chi connectivity index (χ4v) is 3.35. The highest BCUT2D eigenvalue weighted by molar-refractivity contribution is 6.03. The summed E-state index contributed by atoms with van der Waals surface area (Å²) in [7, 11) is 3.25. The lowest BCUT2D eigenvalue weighted by molar-refractivity contribution is 0.0635. The minimum atomic E-state index is -0.614. The van der Waals surface area contributed by atoms with Crippen LogP contribution in [0, 0.1) is 0 Å². The van der Waals surface area contributed by atoms with Gasteiger partial charge in [0.2, 0.25) is 0 Å². The van der Waals surface area contributed by atoms with Gasteiger partial charge in [-0.1, -0.05) is 36.4 Å². The molecule has 202 valence electrons. The molecule has 0 heterocycles. The van der Waals surface area contributed by atoms with E-state index in [0.29, 0.717) is 12.0 Å². The maximum atomic E-state index is 12.5. The molecule has 9 nitrogen and oxygen atoms in total. The van der Waals surface area contributed by atoms with Gasteiger partial charge in [-0.2, -0.15) is 0 Å². The van der Waals surface area contributed by atoms with Gasteiger partial charge in [-0.25, -0.2) is 4.79 Å². The second kappa shape index (κ2) is 13.7. The van der Waals surface area contributed by atoms with Crippen LogP contribution in [0.5, 0.6) is 17.2 Å². The van der Waals surface area contributed by atoms with Crippen LogP contribution in [0.4, 0.5) is 10.5 Å². The first kappa shape index (κ1) is 29.7. The Labute approximate surface area is 222 Å². The highest BCUT2D eigenvalue weighted by atomic mass is 16.6. The van der Waals surface area contributed by atoms with Gasteiger partial charge in [0.15, 0.2) is 17.8 Å². The van der Waals surface area contributed by atoms with E-state index in [1.807, 2.05) is 24.3 Å². The minimum absolute atomic E-state index is 0.0765. The van der Waals surface area contributed by atoms with E-state index in [-0.39, 0.29) is 16.9 Å². The molecule has 9 heteroatoms. The number of benzene rings is 3. The summed E-state index contributed by atoms with van der Waals surface area (Å²) in [6.07, 6.45) is -0.0591. The van der Waals surface area contributed by atoms with Crippen LogP contribution in [0.1, 0.15) is 60.0 Å². The van der Waals surface area contributed by atoms with Gasteiger partial charge >= 0.3 is 6.09 Å². The summed E-state index contributed by atoms with van der Waals surface area (Å²) in [4.78, 5) is 35.6. The molecule has 3 N–H and O–H groups in total. The van der Waals surface area contributed by atoms with Gasteiger partial charge in [0.1, 0.15) is 11.4 Å². The van der Waals surface area contributed by atoms with E-state index in [4.69, 9.17) is 14.2 Å². The molecule has 0 aliphatic heterocycles. The zero-order valence-corrected chi connectivity index (χ0v) is 22.4. The molecule has 0 aliphatic rings. The minimum Gasteiger partial charge on any atom is -0.507 e. The first-order valence-electron chi connectivity index (χ1n) is 11.8. The van der Waals surface area contributed by atoms with Crippen molar-refractivity contribution in [3.63, 3.8) is 0 Å². The van der Waals surface area contributed by atoms with Gasteiger partial charge in [-0.15, -0.1) is 0 Å². The maximum Gasteiger partial charge on any atom is 0.412 e. The zero-order chi connectivity index (χ0) is 28.3. The lowest BCUT2D eigenvalue weighted by Gasteiger charge is -2.20. The SMILES string of the molecule is CC(NC(=O)c1c(O)cccc1C=O)c1cccc(NC(=O)OC(C)(C)C)c1.COc1ccccc1OC. The summed E-state index contributed by atoms with van der Waals surface area (Å²) in [5, 5.41) is 15.3. The summed E-state index contributed by atoms with van der Waals surface area (Å²) in [6.45, 7) is 7.07. The molecule has 2 amide bonds. The first-order valence-corrected chi connectivity index (χ1v) is 11.8. The van der Waals surface area contributed by atoms with Gasteiger partial charge in [0, 0.05) is 11.3 Å². The van der Waals surface area contributed by atoms with Crippen molar-refractivity contribution in [1.82, 2.24) is 5.32 Å². The number of para-hydroxylation sites is 2. The van der Waals surface area contributed by atoms with E-state index in [1.54, 1.807) is 66.2 Å². The van der Waals surface area contributed by atoms with E-state index in [1.165, 1.54) is 18.2 Å². The predicted octanol–water partition coefficient (Wildman–Crippen LogP) is 5.75. The molecule has 0 aliphatic carbocycles. The third-order valence-corrected chi connectivity index (χ3v) is 5.10. The van der Waals surface area contributed by atoms with Crippen LogP contribution in [-0.4, -0.2) is 43.2 Å². The summed E-state index contributed by atoms with van der Waals surface area (Å²) in [6, 6.07) is 18.3. The zero-order valence-electron chi connectivity index (χ0n) is 22.4. The Morgan fingerprint density at radius 2 is 1.53 bits per heavy atom. The molecule has 0 radical (unpaired) electrons. The number of aldehydes is 1. The summed E-state index contributed by atoms with van der Waals surface area (Å²) in [5.74, 6) is 0.697. The number of hydrogen-bond donors (Lipinski definition) is 3. The number of nitrogens with one attached hydrogen (secondary N) is 2. The monoisotopic (exact) mass is 522 g/mol. The number of carbonyl (C=O) groups excluding carboxylic acids is 3. The van der Waals surface area contributed by atoms with Gasteiger partial charge < -0.3 is 24.6 Å². The second-order valence-electron chi connectivity index (χ2n) is 9.16. The standard InChI is InChI=1S/C21H24N2O5.C8H10O2/c1-13(22-19(26)18-15(12-24)8-6-10-17(18)25)14-7-5-9-16(11-14)23-20(27)28-21(2,3)4;1-9-7-5-3-4-6-8(7)10-2/h5-13,25H,1-4H3,(H,22,26)(H,23,27);3-6H,1-2H3.